The fourth-order valence-corrected chi connectivity index (χ4v) is 4.46. The molecule has 3 atom stereocenters. The lowest BCUT2D eigenvalue weighted by Gasteiger charge is -2.24. The van der Waals surface area contributed by atoms with Crippen molar-refractivity contribution in [2.24, 2.45) is 5.92 Å². The Morgan fingerprint density at radius 1 is 1.26 bits per heavy atom. The molecule has 3 heterocycles. The molecule has 0 saturated carbocycles. The van der Waals surface area contributed by atoms with Gasteiger partial charge in [-0.05, 0) is 44.9 Å². The van der Waals surface area contributed by atoms with Crippen LogP contribution in [0.4, 0.5) is 5.69 Å². The molecule has 3 N–H and O–H groups in total. The smallest absolute Gasteiger partial charge is 0.262 e. The number of piperidine rings is 1. The van der Waals surface area contributed by atoms with E-state index in [1.54, 1.807) is 25.1 Å². The number of halogens is 1. The van der Waals surface area contributed by atoms with E-state index in [-0.39, 0.29) is 54.6 Å². The van der Waals surface area contributed by atoms with Crippen molar-refractivity contribution in [3.63, 3.8) is 0 Å². The van der Waals surface area contributed by atoms with Crippen molar-refractivity contribution in [2.45, 2.75) is 51.6 Å². The third-order valence-corrected chi connectivity index (χ3v) is 6.01. The third-order valence-electron chi connectivity index (χ3n) is 6.01. The molecule has 2 aliphatic rings. The second-order valence-corrected chi connectivity index (χ2v) is 7.86. The summed E-state index contributed by atoms with van der Waals surface area (Å²) in [5.74, 6) is -0.699. The van der Waals surface area contributed by atoms with Crippen LogP contribution < -0.4 is 21.5 Å². The highest BCUT2D eigenvalue weighted by atomic mass is 35.5. The van der Waals surface area contributed by atoms with Crippen LogP contribution in [-0.4, -0.2) is 39.9 Å². The van der Waals surface area contributed by atoms with Gasteiger partial charge in [-0.3, -0.25) is 29.1 Å². The van der Waals surface area contributed by atoms with Gasteiger partial charge in [0.05, 0.1) is 17.0 Å². The Hall–Kier alpha value is -2.78. The van der Waals surface area contributed by atoms with Crippen molar-refractivity contribution >= 4 is 46.7 Å². The maximum Gasteiger partial charge on any atom is 0.262 e. The normalized spacial score (nSPS) is 23.4. The van der Waals surface area contributed by atoms with Crippen LogP contribution in [0.2, 0.25) is 0 Å². The van der Waals surface area contributed by atoms with Gasteiger partial charge in [-0.25, -0.2) is 4.98 Å². The highest BCUT2D eigenvalue weighted by Crippen LogP contribution is 2.25. The summed E-state index contributed by atoms with van der Waals surface area (Å²) in [6.07, 6.45) is 2.05. The standard InChI is InChI=1S/C21H25N5O4.ClH/c1-3-14-12(9-10-22-14)19(28)24-15-6-4-5-13-18(15)23-11(2)26(21(13)30)16-7-8-17(27)25-20(16)29;/h4-6,12,14,16,22H,3,7-10H2,1-2H3,(H,24,28)(H,25,27,29);1H. The Morgan fingerprint density at radius 3 is 2.74 bits per heavy atom. The van der Waals surface area contributed by atoms with Crippen LogP contribution >= 0.6 is 12.4 Å². The largest absolute Gasteiger partial charge is 0.324 e. The number of imide groups is 1. The van der Waals surface area contributed by atoms with E-state index in [1.807, 2.05) is 6.92 Å². The molecule has 166 valence electrons. The van der Waals surface area contributed by atoms with Crippen molar-refractivity contribution in [3.05, 3.63) is 34.4 Å². The van der Waals surface area contributed by atoms with Crippen molar-refractivity contribution in [1.29, 1.82) is 0 Å². The zero-order valence-electron chi connectivity index (χ0n) is 17.4. The number of anilines is 1. The Balaban J connectivity index is 0.00000272. The number of hydrogen-bond donors (Lipinski definition) is 3. The summed E-state index contributed by atoms with van der Waals surface area (Å²) in [4.78, 5) is 54.3. The van der Waals surface area contributed by atoms with E-state index < -0.39 is 11.9 Å². The van der Waals surface area contributed by atoms with E-state index in [0.717, 1.165) is 19.4 Å². The topological polar surface area (TPSA) is 122 Å². The third kappa shape index (κ3) is 4.20. The molecule has 3 unspecified atom stereocenters. The van der Waals surface area contributed by atoms with E-state index in [2.05, 4.69) is 20.9 Å². The molecule has 2 saturated heterocycles. The number of aromatic nitrogens is 2. The number of rotatable bonds is 4. The number of para-hydroxylation sites is 1. The summed E-state index contributed by atoms with van der Waals surface area (Å²) >= 11 is 0. The molecule has 3 amide bonds. The summed E-state index contributed by atoms with van der Waals surface area (Å²) in [6.45, 7) is 4.50. The van der Waals surface area contributed by atoms with Crippen molar-refractivity contribution in [1.82, 2.24) is 20.2 Å². The van der Waals surface area contributed by atoms with Gasteiger partial charge in [0, 0.05) is 12.5 Å². The van der Waals surface area contributed by atoms with E-state index in [9.17, 15) is 19.2 Å². The Morgan fingerprint density at radius 2 is 2.03 bits per heavy atom. The lowest BCUT2D eigenvalue weighted by molar-refractivity contribution is -0.135. The minimum Gasteiger partial charge on any atom is -0.324 e. The minimum atomic E-state index is -0.778. The van der Waals surface area contributed by atoms with Gasteiger partial charge in [0.2, 0.25) is 17.7 Å². The number of benzene rings is 1. The minimum absolute atomic E-state index is 0. The number of aryl methyl sites for hydroxylation is 1. The highest BCUT2D eigenvalue weighted by molar-refractivity contribution is 6.02. The maximum absolute atomic E-state index is 13.2. The van der Waals surface area contributed by atoms with Gasteiger partial charge in [-0.1, -0.05) is 13.0 Å². The first-order valence-corrected chi connectivity index (χ1v) is 10.3. The second-order valence-electron chi connectivity index (χ2n) is 7.86. The monoisotopic (exact) mass is 447 g/mol. The van der Waals surface area contributed by atoms with Crippen LogP contribution in [0.3, 0.4) is 0 Å². The molecule has 2 fully saturated rings. The van der Waals surface area contributed by atoms with E-state index in [4.69, 9.17) is 0 Å². The maximum atomic E-state index is 13.2. The fourth-order valence-electron chi connectivity index (χ4n) is 4.46. The molecule has 0 spiro atoms. The van der Waals surface area contributed by atoms with Gasteiger partial charge in [0.25, 0.3) is 5.56 Å². The Bertz CT molecular complexity index is 1100. The average molecular weight is 448 g/mol. The molecule has 2 aliphatic heterocycles. The summed E-state index contributed by atoms with van der Waals surface area (Å²) in [6, 6.07) is 4.41. The first kappa shape index (κ1) is 22.9. The van der Waals surface area contributed by atoms with E-state index in [1.165, 1.54) is 4.57 Å². The zero-order valence-corrected chi connectivity index (χ0v) is 18.3. The molecule has 0 bridgehead atoms. The van der Waals surface area contributed by atoms with Gasteiger partial charge in [0.15, 0.2) is 0 Å². The molecule has 1 aromatic carbocycles. The summed E-state index contributed by atoms with van der Waals surface area (Å²) in [7, 11) is 0. The van der Waals surface area contributed by atoms with Crippen molar-refractivity contribution < 1.29 is 14.4 Å². The van der Waals surface area contributed by atoms with Gasteiger partial charge in [-0.2, -0.15) is 0 Å². The lowest BCUT2D eigenvalue weighted by Crippen LogP contribution is -2.45. The molecule has 0 radical (unpaired) electrons. The number of fused-ring (bicyclic) bond motifs is 1. The van der Waals surface area contributed by atoms with E-state index >= 15 is 0 Å². The molecule has 1 aromatic heterocycles. The van der Waals surface area contributed by atoms with Crippen LogP contribution in [0.5, 0.6) is 0 Å². The van der Waals surface area contributed by atoms with Gasteiger partial charge < -0.3 is 10.6 Å². The van der Waals surface area contributed by atoms with Crippen LogP contribution in [-0.2, 0) is 14.4 Å². The van der Waals surface area contributed by atoms with Crippen LogP contribution in [0.15, 0.2) is 23.0 Å². The molecule has 0 aliphatic carbocycles. The summed E-state index contributed by atoms with van der Waals surface area (Å²) in [5.41, 5.74) is 0.517. The van der Waals surface area contributed by atoms with Crippen molar-refractivity contribution in [2.75, 3.05) is 11.9 Å². The number of hydrogen-bond acceptors (Lipinski definition) is 6. The van der Waals surface area contributed by atoms with Crippen molar-refractivity contribution in [3.8, 4) is 0 Å². The molecular weight excluding hydrogens is 422 g/mol. The second kappa shape index (κ2) is 9.15. The number of carbonyl (C=O) groups is 3. The average Bonchev–Trinajstić information content (AvgIpc) is 3.19. The van der Waals surface area contributed by atoms with Gasteiger partial charge in [0.1, 0.15) is 17.4 Å². The van der Waals surface area contributed by atoms with Crippen LogP contribution in [0.1, 0.15) is 44.5 Å². The Labute approximate surface area is 185 Å². The summed E-state index contributed by atoms with van der Waals surface area (Å²) < 4.78 is 1.34. The van der Waals surface area contributed by atoms with Gasteiger partial charge >= 0.3 is 0 Å². The number of nitrogens with zero attached hydrogens (tertiary/aromatic N) is 2. The van der Waals surface area contributed by atoms with E-state index in [0.29, 0.717) is 22.4 Å². The molecular formula is C21H26ClN5O4. The molecule has 31 heavy (non-hydrogen) atoms. The lowest BCUT2D eigenvalue weighted by atomic mass is 9.97. The Kier molecular flexibility index (Phi) is 6.76. The molecule has 10 heteroatoms. The van der Waals surface area contributed by atoms with Crippen LogP contribution in [0.25, 0.3) is 10.9 Å². The fraction of sp³-hybridized carbons (Fsp3) is 0.476. The highest BCUT2D eigenvalue weighted by Gasteiger charge is 2.33. The molecule has 4 rings (SSSR count). The first-order valence-electron chi connectivity index (χ1n) is 10.3. The van der Waals surface area contributed by atoms with Gasteiger partial charge in [-0.15, -0.1) is 12.4 Å². The quantitative estimate of drug-likeness (QED) is 0.609. The number of amides is 3. The summed E-state index contributed by atoms with van der Waals surface area (Å²) in [5, 5.41) is 8.88. The predicted molar refractivity (Wildman–Crippen MR) is 118 cm³/mol. The van der Waals surface area contributed by atoms with Crippen LogP contribution in [0, 0.1) is 12.8 Å². The molecule has 2 aromatic rings. The number of carbonyl (C=O) groups excluding carboxylic acids is 3. The zero-order chi connectivity index (χ0) is 21.4. The first-order chi connectivity index (χ1) is 14.4. The number of nitrogens with one attached hydrogen (secondary N) is 3. The molecule has 9 nitrogen and oxygen atoms in total. The predicted octanol–water partition coefficient (Wildman–Crippen LogP) is 1.43. The SMILES string of the molecule is CCC1NCCC1C(=O)Nc1cccc2c(=O)n(C3CCC(=O)NC3=O)c(C)nc12.Cl.